The lowest BCUT2D eigenvalue weighted by Gasteiger charge is -2.29. The first kappa shape index (κ1) is 17.1. The van der Waals surface area contributed by atoms with Crippen LogP contribution in [0, 0.1) is 6.92 Å². The SMILES string of the molecule is CCN(CC)c1ncnc2sc(C(=O)N3CC[NH+](C)CC3)c(C)c12. The molecular formula is C17H26N5OS+. The highest BCUT2D eigenvalue weighted by molar-refractivity contribution is 7.20. The second-order valence-electron chi connectivity index (χ2n) is 6.36. The van der Waals surface area contributed by atoms with E-state index in [0.717, 1.165) is 65.7 Å². The zero-order valence-electron chi connectivity index (χ0n) is 14.9. The van der Waals surface area contributed by atoms with Gasteiger partial charge < -0.3 is 14.7 Å². The molecule has 6 nitrogen and oxygen atoms in total. The molecule has 1 saturated heterocycles. The van der Waals surface area contributed by atoms with Gasteiger partial charge in [0, 0.05) is 13.1 Å². The van der Waals surface area contributed by atoms with Crippen molar-refractivity contribution in [1.29, 1.82) is 0 Å². The molecule has 24 heavy (non-hydrogen) atoms. The molecule has 0 radical (unpaired) electrons. The quantitative estimate of drug-likeness (QED) is 0.889. The average molecular weight is 348 g/mol. The average Bonchev–Trinajstić information content (AvgIpc) is 2.94. The summed E-state index contributed by atoms with van der Waals surface area (Å²) in [5, 5.41) is 1.04. The summed E-state index contributed by atoms with van der Waals surface area (Å²) in [4.78, 5) is 29.3. The van der Waals surface area contributed by atoms with Crippen molar-refractivity contribution in [1.82, 2.24) is 14.9 Å². The first-order valence-electron chi connectivity index (χ1n) is 8.66. The molecule has 0 bridgehead atoms. The fourth-order valence-corrected chi connectivity index (χ4v) is 4.37. The zero-order valence-corrected chi connectivity index (χ0v) is 15.7. The largest absolute Gasteiger partial charge is 0.357 e. The molecule has 3 heterocycles. The standard InChI is InChI=1S/C17H25N5OS/c1-5-21(6-2)15-13-12(3)14(24-16(13)19-11-18-15)17(23)22-9-7-20(4)8-10-22/h11H,5-10H2,1-4H3/p+1. The monoisotopic (exact) mass is 348 g/mol. The molecule has 0 atom stereocenters. The second kappa shape index (κ2) is 7.03. The number of carbonyl (C=O) groups is 1. The molecule has 1 N–H and O–H groups in total. The Morgan fingerprint density at radius 2 is 1.96 bits per heavy atom. The first-order valence-corrected chi connectivity index (χ1v) is 9.48. The van der Waals surface area contributed by atoms with Gasteiger partial charge in [-0.15, -0.1) is 11.3 Å². The number of fused-ring (bicyclic) bond motifs is 1. The van der Waals surface area contributed by atoms with Gasteiger partial charge in [0.25, 0.3) is 5.91 Å². The number of hydrogen-bond acceptors (Lipinski definition) is 5. The van der Waals surface area contributed by atoms with Crippen molar-refractivity contribution in [2.24, 2.45) is 0 Å². The van der Waals surface area contributed by atoms with Crippen LogP contribution in [-0.2, 0) is 0 Å². The van der Waals surface area contributed by atoms with Gasteiger partial charge in [-0.25, -0.2) is 9.97 Å². The minimum Gasteiger partial charge on any atom is -0.357 e. The molecule has 0 aliphatic carbocycles. The topological polar surface area (TPSA) is 53.8 Å². The summed E-state index contributed by atoms with van der Waals surface area (Å²) in [6.07, 6.45) is 1.61. The summed E-state index contributed by atoms with van der Waals surface area (Å²) in [6, 6.07) is 0. The fraction of sp³-hybridized carbons (Fsp3) is 0.588. The first-order chi connectivity index (χ1) is 11.6. The highest BCUT2D eigenvalue weighted by Gasteiger charge is 2.27. The zero-order chi connectivity index (χ0) is 17.3. The third-order valence-electron chi connectivity index (χ3n) is 4.87. The smallest absolute Gasteiger partial charge is 0.264 e. The number of amides is 1. The summed E-state index contributed by atoms with van der Waals surface area (Å²) >= 11 is 1.50. The maximum absolute atomic E-state index is 13.0. The Bertz CT molecular complexity index is 732. The number of likely N-dealkylation sites (N-methyl/N-ethyl adjacent to an activating group) is 1. The molecule has 2 aromatic heterocycles. The van der Waals surface area contributed by atoms with Crippen LogP contribution < -0.4 is 9.80 Å². The van der Waals surface area contributed by atoms with Crippen molar-refractivity contribution in [3.63, 3.8) is 0 Å². The third-order valence-corrected chi connectivity index (χ3v) is 6.06. The van der Waals surface area contributed by atoms with Gasteiger partial charge in [-0.3, -0.25) is 4.79 Å². The molecule has 0 spiro atoms. The Labute approximate surface area is 147 Å². The number of anilines is 1. The van der Waals surface area contributed by atoms with Crippen LogP contribution in [0.15, 0.2) is 6.33 Å². The number of carbonyl (C=O) groups excluding carboxylic acids is 1. The van der Waals surface area contributed by atoms with Gasteiger partial charge in [-0.05, 0) is 26.3 Å². The molecule has 2 aromatic rings. The van der Waals surface area contributed by atoms with Crippen molar-refractivity contribution >= 4 is 33.3 Å². The molecule has 0 unspecified atom stereocenters. The molecule has 7 heteroatoms. The Balaban J connectivity index is 1.99. The van der Waals surface area contributed by atoms with E-state index >= 15 is 0 Å². The summed E-state index contributed by atoms with van der Waals surface area (Å²) in [7, 11) is 2.18. The molecule has 3 rings (SSSR count). The number of nitrogens with one attached hydrogen (secondary N) is 1. The van der Waals surface area contributed by atoms with E-state index in [1.54, 1.807) is 6.33 Å². The second-order valence-corrected chi connectivity index (χ2v) is 7.35. The van der Waals surface area contributed by atoms with Gasteiger partial charge in [0.15, 0.2) is 0 Å². The van der Waals surface area contributed by atoms with Gasteiger partial charge >= 0.3 is 0 Å². The van der Waals surface area contributed by atoms with E-state index in [1.807, 2.05) is 11.8 Å². The molecular weight excluding hydrogens is 322 g/mol. The fourth-order valence-electron chi connectivity index (χ4n) is 3.26. The third kappa shape index (κ3) is 2.98. The van der Waals surface area contributed by atoms with Crippen molar-refractivity contribution in [3.05, 3.63) is 16.8 Å². The normalized spacial score (nSPS) is 15.9. The van der Waals surface area contributed by atoms with Crippen LogP contribution in [0.4, 0.5) is 5.82 Å². The highest BCUT2D eigenvalue weighted by atomic mass is 32.1. The lowest BCUT2D eigenvalue weighted by atomic mass is 10.1. The van der Waals surface area contributed by atoms with E-state index in [-0.39, 0.29) is 5.91 Å². The van der Waals surface area contributed by atoms with E-state index in [0.29, 0.717) is 0 Å². The maximum Gasteiger partial charge on any atom is 0.264 e. The lowest BCUT2D eigenvalue weighted by Crippen LogP contribution is -3.12. The predicted octanol–water partition coefficient (Wildman–Crippen LogP) is 0.816. The van der Waals surface area contributed by atoms with Gasteiger partial charge in [0.05, 0.1) is 43.5 Å². The molecule has 1 amide bonds. The van der Waals surface area contributed by atoms with Crippen LogP contribution in [0.1, 0.15) is 29.1 Å². The van der Waals surface area contributed by atoms with Crippen LogP contribution >= 0.6 is 11.3 Å². The van der Waals surface area contributed by atoms with Crippen molar-refractivity contribution in [2.75, 3.05) is 51.2 Å². The number of aromatic nitrogens is 2. The number of rotatable bonds is 4. The van der Waals surface area contributed by atoms with Crippen LogP contribution in [0.3, 0.4) is 0 Å². The number of thiophene rings is 1. The highest BCUT2D eigenvalue weighted by Crippen LogP contribution is 2.35. The Kier molecular flexibility index (Phi) is 5.01. The van der Waals surface area contributed by atoms with Gasteiger partial charge in [-0.2, -0.15) is 0 Å². The van der Waals surface area contributed by atoms with Crippen molar-refractivity contribution < 1.29 is 9.69 Å². The van der Waals surface area contributed by atoms with Crippen LogP contribution in [0.25, 0.3) is 10.2 Å². The van der Waals surface area contributed by atoms with Crippen molar-refractivity contribution in [3.8, 4) is 0 Å². The summed E-state index contributed by atoms with van der Waals surface area (Å²) in [5.74, 6) is 1.09. The van der Waals surface area contributed by atoms with E-state index in [2.05, 4.69) is 35.8 Å². The number of hydrogen-bond donors (Lipinski definition) is 1. The molecule has 1 aliphatic rings. The number of piperazine rings is 1. The summed E-state index contributed by atoms with van der Waals surface area (Å²) in [5.41, 5.74) is 1.02. The maximum atomic E-state index is 13.0. The molecule has 1 aliphatic heterocycles. The predicted molar refractivity (Wildman–Crippen MR) is 98.2 cm³/mol. The van der Waals surface area contributed by atoms with Gasteiger partial charge in [0.1, 0.15) is 17.0 Å². The van der Waals surface area contributed by atoms with Crippen LogP contribution in [0.2, 0.25) is 0 Å². The number of quaternary nitrogens is 1. The minimum atomic E-state index is 0.147. The van der Waals surface area contributed by atoms with E-state index < -0.39 is 0 Å². The minimum absolute atomic E-state index is 0.147. The number of aryl methyl sites for hydroxylation is 1. The van der Waals surface area contributed by atoms with Gasteiger partial charge in [-0.1, -0.05) is 0 Å². The molecule has 0 aromatic carbocycles. The molecule has 130 valence electrons. The lowest BCUT2D eigenvalue weighted by molar-refractivity contribution is -0.883. The van der Waals surface area contributed by atoms with E-state index in [9.17, 15) is 4.79 Å². The molecule has 1 fully saturated rings. The summed E-state index contributed by atoms with van der Waals surface area (Å²) < 4.78 is 0. The Morgan fingerprint density at radius 1 is 1.29 bits per heavy atom. The van der Waals surface area contributed by atoms with E-state index in [1.165, 1.54) is 16.2 Å². The molecule has 0 saturated carbocycles. The van der Waals surface area contributed by atoms with E-state index in [4.69, 9.17) is 0 Å². The van der Waals surface area contributed by atoms with Crippen LogP contribution in [-0.4, -0.2) is 67.1 Å². The van der Waals surface area contributed by atoms with Crippen LogP contribution in [0.5, 0.6) is 0 Å². The Hall–Kier alpha value is -1.73. The number of nitrogens with zero attached hydrogens (tertiary/aromatic N) is 4. The Morgan fingerprint density at radius 3 is 2.58 bits per heavy atom. The summed E-state index contributed by atoms with van der Waals surface area (Å²) in [6.45, 7) is 11.7. The van der Waals surface area contributed by atoms with Gasteiger partial charge in [0.2, 0.25) is 0 Å². The van der Waals surface area contributed by atoms with Crippen molar-refractivity contribution in [2.45, 2.75) is 20.8 Å².